The number of hydrogen-bond acceptors (Lipinski definition) is 5. The maximum atomic E-state index is 12.8. The molecular formula is C40H61N3O4. The third-order valence-electron chi connectivity index (χ3n) is 11.3. The number of unbranched alkanes of at least 4 members (excludes halogenated alkanes) is 1. The average molecular weight is 648 g/mol. The second-order valence-electron chi connectivity index (χ2n) is 15.0. The number of carbonyl (C=O) groups excluding carboxylic acids is 1. The molecule has 0 saturated heterocycles. The molecule has 0 amide bonds. The fourth-order valence-electron chi connectivity index (χ4n) is 8.74. The van der Waals surface area contributed by atoms with Crippen molar-refractivity contribution >= 4 is 11.7 Å². The minimum atomic E-state index is 0.0802. The molecule has 3 saturated carbocycles. The molecule has 0 aromatic heterocycles. The van der Waals surface area contributed by atoms with Crippen molar-refractivity contribution < 1.29 is 19.4 Å². The number of phenolic OH excluding ortho intramolecular Hbond substituents is 1. The van der Waals surface area contributed by atoms with Crippen LogP contribution in [0.2, 0.25) is 0 Å². The summed E-state index contributed by atoms with van der Waals surface area (Å²) in [6.45, 7) is 5.71. The lowest BCUT2D eigenvalue weighted by Gasteiger charge is -2.47. The van der Waals surface area contributed by atoms with E-state index in [2.05, 4.69) is 31.0 Å². The van der Waals surface area contributed by atoms with Crippen LogP contribution in [-0.4, -0.2) is 42.2 Å². The van der Waals surface area contributed by atoms with Gasteiger partial charge < -0.3 is 26.0 Å². The lowest BCUT2D eigenvalue weighted by Crippen LogP contribution is -2.39. The quantitative estimate of drug-likeness (QED) is 0.0763. The molecule has 1 aromatic carbocycles. The van der Waals surface area contributed by atoms with Gasteiger partial charge in [-0.2, -0.15) is 0 Å². The van der Waals surface area contributed by atoms with Gasteiger partial charge in [0.1, 0.15) is 0 Å². The predicted molar refractivity (Wildman–Crippen MR) is 191 cm³/mol. The first kappa shape index (κ1) is 35.5. The van der Waals surface area contributed by atoms with E-state index in [4.69, 9.17) is 20.9 Å². The van der Waals surface area contributed by atoms with Gasteiger partial charge in [-0.3, -0.25) is 9.79 Å². The van der Waals surface area contributed by atoms with Crippen LogP contribution in [0, 0.1) is 23.7 Å². The van der Waals surface area contributed by atoms with E-state index in [-0.39, 0.29) is 41.3 Å². The molecule has 0 aliphatic heterocycles. The van der Waals surface area contributed by atoms with Gasteiger partial charge in [0.2, 0.25) is 0 Å². The summed E-state index contributed by atoms with van der Waals surface area (Å²) in [5, 5.41) is 12.2. The molecule has 0 spiro atoms. The maximum absolute atomic E-state index is 12.8. The van der Waals surface area contributed by atoms with Crippen molar-refractivity contribution in [3.63, 3.8) is 0 Å². The number of aromatic hydroxyl groups is 1. The third-order valence-corrected chi connectivity index (χ3v) is 11.3. The molecule has 0 bridgehead atoms. The Morgan fingerprint density at radius 3 is 2.53 bits per heavy atom. The van der Waals surface area contributed by atoms with Crippen molar-refractivity contribution in [2.75, 3.05) is 13.2 Å². The monoisotopic (exact) mass is 647 g/mol. The van der Waals surface area contributed by atoms with Crippen molar-refractivity contribution in [1.82, 2.24) is 0 Å². The smallest absolute Gasteiger partial charge is 0.185 e. The number of hydrogen-bond donors (Lipinski definition) is 3. The molecule has 3 fully saturated rings. The van der Waals surface area contributed by atoms with Gasteiger partial charge in [-0.1, -0.05) is 63.3 Å². The van der Waals surface area contributed by atoms with E-state index in [0.29, 0.717) is 49.7 Å². The van der Waals surface area contributed by atoms with Gasteiger partial charge in [-0.25, -0.2) is 0 Å². The molecule has 47 heavy (non-hydrogen) atoms. The van der Waals surface area contributed by atoms with Gasteiger partial charge >= 0.3 is 0 Å². The van der Waals surface area contributed by atoms with E-state index in [1.807, 2.05) is 12.1 Å². The Kier molecular flexibility index (Phi) is 13.3. The first-order valence-electron chi connectivity index (χ1n) is 18.9. The molecular weight excluding hydrogens is 586 g/mol. The summed E-state index contributed by atoms with van der Waals surface area (Å²) >= 11 is 0. The van der Waals surface area contributed by atoms with Crippen LogP contribution >= 0.6 is 0 Å². The zero-order chi connectivity index (χ0) is 33.2. The van der Waals surface area contributed by atoms with Gasteiger partial charge in [0.25, 0.3) is 0 Å². The summed E-state index contributed by atoms with van der Waals surface area (Å²) in [6, 6.07) is 4.21. The van der Waals surface area contributed by atoms with Crippen molar-refractivity contribution in [2.45, 2.75) is 141 Å². The summed E-state index contributed by atoms with van der Waals surface area (Å²) < 4.78 is 13.4. The number of nitrogens with zero attached hydrogens (tertiary/aromatic N) is 1. The van der Waals surface area contributed by atoms with Crippen LogP contribution in [0.3, 0.4) is 0 Å². The van der Waals surface area contributed by atoms with Crippen LogP contribution in [0.1, 0.15) is 134 Å². The number of rotatable bonds is 15. The van der Waals surface area contributed by atoms with E-state index in [1.54, 1.807) is 6.08 Å². The number of aliphatic imine (C=N–C) groups is 1. The molecule has 7 heteroatoms. The van der Waals surface area contributed by atoms with Gasteiger partial charge in [0.15, 0.2) is 23.2 Å². The van der Waals surface area contributed by atoms with Crippen molar-refractivity contribution in [3.05, 3.63) is 47.1 Å². The fraction of sp³-hybridized carbons (Fsp3) is 0.700. The molecule has 1 aromatic rings. The highest BCUT2D eigenvalue weighted by atomic mass is 16.5. The third kappa shape index (κ3) is 9.87. The van der Waals surface area contributed by atoms with Gasteiger partial charge in [-0.15, -0.1) is 0 Å². The number of guanidine groups is 1. The number of aryl methyl sites for hydroxylation is 1. The van der Waals surface area contributed by atoms with Crippen molar-refractivity contribution in [2.24, 2.45) is 40.1 Å². The Bertz CT molecular complexity index is 1260. The van der Waals surface area contributed by atoms with Crippen LogP contribution in [0.25, 0.3) is 0 Å². The highest BCUT2D eigenvalue weighted by Crippen LogP contribution is 2.55. The Morgan fingerprint density at radius 2 is 1.79 bits per heavy atom. The predicted octanol–water partition coefficient (Wildman–Crippen LogP) is 8.28. The standard InChI is InChI=1S/C40H61N3O4/c1-3-4-6-11-31(44)19-17-28-23-35(39(45)37(24-28)47-33-14-9-10-15-33)38-34-22-27(2)16-18-29(34)25-30(20-21-43-40(41)42)36(38)26-46-32-12-7-5-8-13-32/h6,11,23-25,27,30,32-34,36,38,45H,3-5,7-10,12-22,26H2,1-2H3,(H4,41,42,43). The molecule has 5 unspecified atom stereocenters. The molecule has 4 aliphatic rings. The van der Waals surface area contributed by atoms with Gasteiger partial charge in [0, 0.05) is 18.5 Å². The summed E-state index contributed by atoms with van der Waals surface area (Å²) in [7, 11) is 0. The van der Waals surface area contributed by atoms with Gasteiger partial charge in [0.05, 0.1) is 18.8 Å². The summed E-state index contributed by atoms with van der Waals surface area (Å²) in [5.41, 5.74) is 15.1. The Hall–Kier alpha value is -2.80. The van der Waals surface area contributed by atoms with Crippen molar-refractivity contribution in [1.29, 1.82) is 0 Å². The number of allylic oxidation sites excluding steroid dienone is 4. The van der Waals surface area contributed by atoms with Crippen LogP contribution in [0.5, 0.6) is 11.5 Å². The molecule has 0 heterocycles. The van der Waals surface area contributed by atoms with E-state index in [1.165, 1.54) is 31.3 Å². The zero-order valence-corrected chi connectivity index (χ0v) is 29.1. The molecule has 5 atom stereocenters. The van der Waals surface area contributed by atoms with Crippen molar-refractivity contribution in [3.8, 4) is 11.5 Å². The molecule has 4 aliphatic carbocycles. The van der Waals surface area contributed by atoms with Crippen LogP contribution in [0.4, 0.5) is 0 Å². The topological polar surface area (TPSA) is 120 Å². The Morgan fingerprint density at radius 1 is 1.04 bits per heavy atom. The average Bonchev–Trinajstić information content (AvgIpc) is 3.58. The number of benzene rings is 1. The number of fused-ring (bicyclic) bond motifs is 1. The molecule has 0 radical (unpaired) electrons. The second-order valence-corrected chi connectivity index (χ2v) is 15.0. The summed E-state index contributed by atoms with van der Waals surface area (Å²) in [6.07, 6.45) is 24.2. The number of ketones is 1. The van der Waals surface area contributed by atoms with E-state index < -0.39 is 0 Å². The number of ether oxygens (including phenoxy) is 2. The first-order valence-corrected chi connectivity index (χ1v) is 18.9. The summed E-state index contributed by atoms with van der Waals surface area (Å²) in [4.78, 5) is 17.2. The van der Waals surface area contributed by atoms with E-state index in [0.717, 1.165) is 81.8 Å². The van der Waals surface area contributed by atoms with Crippen LogP contribution < -0.4 is 16.2 Å². The van der Waals surface area contributed by atoms with Crippen LogP contribution in [0.15, 0.2) is 40.9 Å². The normalized spacial score (nSPS) is 27.0. The highest BCUT2D eigenvalue weighted by molar-refractivity contribution is 5.89. The fourth-order valence-corrected chi connectivity index (χ4v) is 8.74. The second kappa shape index (κ2) is 17.6. The van der Waals surface area contributed by atoms with E-state index in [9.17, 15) is 9.90 Å². The molecule has 7 nitrogen and oxygen atoms in total. The maximum Gasteiger partial charge on any atom is 0.185 e. The zero-order valence-electron chi connectivity index (χ0n) is 29.1. The first-order chi connectivity index (χ1) is 22.8. The summed E-state index contributed by atoms with van der Waals surface area (Å²) in [5.74, 6) is 2.57. The SMILES string of the molecule is CCCC=CC(=O)CCc1cc(OC2CCCC2)c(O)c(C2C3CC(C)CCC3=CC(CCN=C(N)N)C2COC2CCCCC2)c1. The number of phenols is 1. The van der Waals surface area contributed by atoms with Crippen LogP contribution in [-0.2, 0) is 16.0 Å². The van der Waals surface area contributed by atoms with Gasteiger partial charge in [-0.05, 0) is 124 Å². The Balaban J connectivity index is 1.53. The molecule has 5 N–H and O–H groups in total. The highest BCUT2D eigenvalue weighted by Gasteiger charge is 2.44. The molecule has 260 valence electrons. The Labute approximate surface area is 283 Å². The largest absolute Gasteiger partial charge is 0.504 e. The minimum Gasteiger partial charge on any atom is -0.504 e. The lowest BCUT2D eigenvalue weighted by atomic mass is 9.59. The molecule has 5 rings (SSSR count). The number of nitrogens with two attached hydrogens (primary N) is 2. The van der Waals surface area contributed by atoms with E-state index >= 15 is 0 Å². The minimum absolute atomic E-state index is 0.0802. The number of carbonyl (C=O) groups is 1. The lowest BCUT2D eigenvalue weighted by molar-refractivity contribution is -0.114.